The highest BCUT2D eigenvalue weighted by atomic mass is 19.1. The molecule has 1 N–H and O–H groups in total. The molecule has 3 aromatic rings. The zero-order valence-electron chi connectivity index (χ0n) is 18.1. The molecule has 0 saturated heterocycles. The van der Waals surface area contributed by atoms with Crippen LogP contribution in [0.2, 0.25) is 0 Å². The van der Waals surface area contributed by atoms with Crippen molar-refractivity contribution in [2.75, 3.05) is 5.32 Å². The zero-order chi connectivity index (χ0) is 22.2. The van der Waals surface area contributed by atoms with Crippen molar-refractivity contribution in [1.82, 2.24) is 9.97 Å². The molecule has 2 saturated carbocycles. The van der Waals surface area contributed by atoms with E-state index in [0.717, 1.165) is 36.6 Å². The monoisotopic (exact) mass is 427 g/mol. The number of hydrogen-bond donors (Lipinski definition) is 1. The molecule has 2 heterocycles. The number of hydrogen-bond acceptors (Lipinski definition) is 3. The van der Waals surface area contributed by atoms with Gasteiger partial charge in [-0.3, -0.25) is 9.78 Å². The topological polar surface area (TPSA) is 54.9 Å². The number of anilines is 1. The van der Waals surface area contributed by atoms with Crippen LogP contribution in [0.3, 0.4) is 0 Å². The first-order chi connectivity index (χ1) is 15.5. The Morgan fingerprint density at radius 2 is 1.91 bits per heavy atom. The molecule has 0 bridgehead atoms. The Hall–Kier alpha value is -3.26. The summed E-state index contributed by atoms with van der Waals surface area (Å²) in [5, 5.41) is 3.92. The van der Waals surface area contributed by atoms with Crippen molar-refractivity contribution in [2.45, 2.75) is 38.5 Å². The van der Waals surface area contributed by atoms with E-state index in [9.17, 15) is 9.18 Å². The fourth-order valence-electron chi connectivity index (χ4n) is 5.84. The van der Waals surface area contributed by atoms with Crippen molar-refractivity contribution in [3.63, 3.8) is 0 Å². The van der Waals surface area contributed by atoms with Crippen molar-refractivity contribution in [3.05, 3.63) is 65.9 Å². The summed E-state index contributed by atoms with van der Waals surface area (Å²) in [6, 6.07) is 10.4. The molecular weight excluding hydrogens is 401 g/mol. The fourth-order valence-corrected chi connectivity index (χ4v) is 5.84. The lowest BCUT2D eigenvalue weighted by atomic mass is 9.86. The van der Waals surface area contributed by atoms with Gasteiger partial charge in [-0.1, -0.05) is 12.8 Å². The van der Waals surface area contributed by atoms with Gasteiger partial charge in [-0.25, -0.2) is 9.37 Å². The number of fused-ring (bicyclic) bond motifs is 2. The lowest BCUT2D eigenvalue weighted by Gasteiger charge is -2.21. The summed E-state index contributed by atoms with van der Waals surface area (Å²) >= 11 is 0. The molecule has 2 fully saturated rings. The number of aromatic nitrogens is 2. The Morgan fingerprint density at radius 3 is 2.59 bits per heavy atom. The van der Waals surface area contributed by atoms with Crippen LogP contribution in [-0.2, 0) is 4.79 Å². The molecule has 2 aliphatic rings. The molecule has 4 nitrogen and oxygen atoms in total. The van der Waals surface area contributed by atoms with Crippen molar-refractivity contribution in [2.24, 2.45) is 23.7 Å². The second kappa shape index (κ2) is 8.35. The highest BCUT2D eigenvalue weighted by Crippen LogP contribution is 2.54. The number of halogens is 1. The maximum absolute atomic E-state index is 13.9. The second-order valence-corrected chi connectivity index (χ2v) is 9.34. The SMILES string of the molecule is C#Cc1ccc(NC(=O)C(C)C2CC3CC(c4ccnc5ccc(F)cc45)C[C@H]3C2)cn1. The molecule has 2 aliphatic carbocycles. The van der Waals surface area contributed by atoms with Crippen molar-refractivity contribution in [1.29, 1.82) is 0 Å². The first kappa shape index (κ1) is 20.6. The maximum atomic E-state index is 13.9. The molecule has 2 aromatic heterocycles. The van der Waals surface area contributed by atoms with E-state index in [2.05, 4.69) is 27.3 Å². The Kier molecular flexibility index (Phi) is 5.38. The summed E-state index contributed by atoms with van der Waals surface area (Å²) in [7, 11) is 0. The molecular formula is C27H26FN3O. The van der Waals surface area contributed by atoms with Gasteiger partial charge in [0.05, 0.1) is 17.4 Å². The third-order valence-electron chi connectivity index (χ3n) is 7.53. The maximum Gasteiger partial charge on any atom is 0.227 e. The Balaban J connectivity index is 1.23. The van der Waals surface area contributed by atoms with E-state index in [1.807, 2.05) is 13.1 Å². The van der Waals surface area contributed by atoms with Crippen LogP contribution in [0.5, 0.6) is 0 Å². The first-order valence-corrected chi connectivity index (χ1v) is 11.3. The summed E-state index contributed by atoms with van der Waals surface area (Å²) in [4.78, 5) is 21.4. The average molecular weight is 428 g/mol. The molecule has 162 valence electrons. The van der Waals surface area contributed by atoms with Gasteiger partial charge >= 0.3 is 0 Å². The van der Waals surface area contributed by atoms with Gasteiger partial charge in [-0.2, -0.15) is 0 Å². The number of carbonyl (C=O) groups excluding carboxylic acids is 1. The zero-order valence-corrected chi connectivity index (χ0v) is 18.1. The van der Waals surface area contributed by atoms with Crippen LogP contribution in [0.1, 0.15) is 49.8 Å². The van der Waals surface area contributed by atoms with Crippen molar-refractivity contribution in [3.8, 4) is 12.3 Å². The van der Waals surface area contributed by atoms with E-state index in [1.54, 1.807) is 30.5 Å². The average Bonchev–Trinajstić information content (AvgIpc) is 3.38. The molecule has 32 heavy (non-hydrogen) atoms. The highest BCUT2D eigenvalue weighted by molar-refractivity contribution is 5.92. The minimum absolute atomic E-state index is 0.0392. The Morgan fingerprint density at radius 1 is 1.12 bits per heavy atom. The van der Waals surface area contributed by atoms with Crippen molar-refractivity contribution >= 4 is 22.5 Å². The van der Waals surface area contributed by atoms with Crippen LogP contribution < -0.4 is 5.32 Å². The predicted octanol–water partition coefficient (Wildman–Crippen LogP) is 5.54. The van der Waals surface area contributed by atoms with Gasteiger partial charge in [0.25, 0.3) is 0 Å². The number of rotatable bonds is 4. The van der Waals surface area contributed by atoms with Gasteiger partial charge < -0.3 is 5.32 Å². The van der Waals surface area contributed by atoms with Gasteiger partial charge in [0, 0.05) is 17.5 Å². The summed E-state index contributed by atoms with van der Waals surface area (Å²) < 4.78 is 13.9. The van der Waals surface area contributed by atoms with Crippen LogP contribution >= 0.6 is 0 Å². The van der Waals surface area contributed by atoms with Crippen LogP contribution in [0, 0.1) is 41.8 Å². The molecule has 5 heteroatoms. The van der Waals surface area contributed by atoms with Gasteiger partial charge in [0.15, 0.2) is 0 Å². The number of terminal acetylenes is 1. The molecule has 0 spiro atoms. The van der Waals surface area contributed by atoms with E-state index in [4.69, 9.17) is 6.42 Å². The highest BCUT2D eigenvalue weighted by Gasteiger charge is 2.44. The Labute approximate surface area is 187 Å². The van der Waals surface area contributed by atoms with E-state index in [1.165, 1.54) is 11.6 Å². The molecule has 1 aromatic carbocycles. The normalized spacial score (nSPS) is 25.3. The van der Waals surface area contributed by atoms with E-state index in [0.29, 0.717) is 35.1 Å². The summed E-state index contributed by atoms with van der Waals surface area (Å²) in [5.41, 5.74) is 3.30. The van der Waals surface area contributed by atoms with Gasteiger partial charge in [-0.15, -0.1) is 6.42 Å². The molecule has 5 rings (SSSR count). The summed E-state index contributed by atoms with van der Waals surface area (Å²) in [6.45, 7) is 2.03. The number of carbonyl (C=O) groups is 1. The largest absolute Gasteiger partial charge is 0.324 e. The lowest BCUT2D eigenvalue weighted by Crippen LogP contribution is -2.26. The fraction of sp³-hybridized carbons (Fsp3) is 0.370. The van der Waals surface area contributed by atoms with Crippen molar-refractivity contribution < 1.29 is 9.18 Å². The third-order valence-corrected chi connectivity index (χ3v) is 7.53. The van der Waals surface area contributed by atoms with Crippen LogP contribution in [0.25, 0.3) is 10.9 Å². The van der Waals surface area contributed by atoms with Crippen LogP contribution in [-0.4, -0.2) is 15.9 Å². The first-order valence-electron chi connectivity index (χ1n) is 11.3. The quantitative estimate of drug-likeness (QED) is 0.556. The summed E-state index contributed by atoms with van der Waals surface area (Å²) in [6.07, 6.45) is 13.1. The van der Waals surface area contributed by atoms with Gasteiger partial charge in [0.2, 0.25) is 5.91 Å². The van der Waals surface area contributed by atoms with Gasteiger partial charge in [0.1, 0.15) is 11.5 Å². The number of pyridine rings is 2. The van der Waals surface area contributed by atoms with E-state index >= 15 is 0 Å². The van der Waals surface area contributed by atoms with Gasteiger partial charge in [-0.05, 0) is 91.3 Å². The van der Waals surface area contributed by atoms with E-state index < -0.39 is 0 Å². The number of amides is 1. The molecule has 0 aliphatic heterocycles. The second-order valence-electron chi connectivity index (χ2n) is 9.34. The molecule has 0 radical (unpaired) electrons. The Bertz CT molecular complexity index is 1190. The minimum atomic E-state index is -0.214. The standard InChI is InChI=1S/C27H26FN3O/c1-3-22-5-6-23(15-30-22)31-27(32)16(2)17-10-18-12-20(13-19(18)11-17)24-8-9-29-26-7-4-21(28)14-25(24)26/h1,4-9,14-20H,10-13H2,2H3,(H,31,32)/t16?,17?,18-,19?,20?/m1/s1. The van der Waals surface area contributed by atoms with Crippen LogP contribution in [0.4, 0.5) is 10.1 Å². The molecule has 5 atom stereocenters. The predicted molar refractivity (Wildman–Crippen MR) is 123 cm³/mol. The smallest absolute Gasteiger partial charge is 0.227 e. The van der Waals surface area contributed by atoms with E-state index in [-0.39, 0.29) is 17.6 Å². The minimum Gasteiger partial charge on any atom is -0.324 e. The molecule has 4 unspecified atom stereocenters. The lowest BCUT2D eigenvalue weighted by molar-refractivity contribution is -0.120. The molecule has 1 amide bonds. The number of nitrogens with one attached hydrogen (secondary N) is 1. The van der Waals surface area contributed by atoms with Crippen LogP contribution in [0.15, 0.2) is 48.8 Å². The third kappa shape index (κ3) is 3.86. The number of nitrogens with zero attached hydrogens (tertiary/aromatic N) is 2. The number of benzene rings is 1. The summed E-state index contributed by atoms with van der Waals surface area (Å²) in [5.74, 6) is 4.31.